The molecular weight excluding hydrogens is 440 g/mol. The molecule has 0 radical (unpaired) electrons. The molecule has 1 aromatic rings. The van der Waals surface area contributed by atoms with E-state index in [0.29, 0.717) is 12.1 Å². The summed E-state index contributed by atoms with van der Waals surface area (Å²) in [6.07, 6.45) is 16.5. The van der Waals surface area contributed by atoms with Gasteiger partial charge in [-0.25, -0.2) is 0 Å². The van der Waals surface area contributed by atoms with Crippen molar-refractivity contribution in [2.45, 2.75) is 78.3 Å². The minimum absolute atomic E-state index is 0.176. The molecule has 3 nitrogen and oxygen atoms in total. The Balaban J connectivity index is 2.68. The number of benzene rings is 1. The SMILES string of the molecule is C=CCc1ccc(CNC(=O)C(=C)/C=C(\CC)C(=C)NC(CC=C)CCC/C=C/C(=C)CC)cc1C. The van der Waals surface area contributed by atoms with Crippen LogP contribution < -0.4 is 10.6 Å². The zero-order chi connectivity index (χ0) is 26.9. The van der Waals surface area contributed by atoms with Gasteiger partial charge in [-0.2, -0.15) is 0 Å². The number of unbranched alkanes of at least 4 members (excludes halogenated alkanes) is 1. The van der Waals surface area contributed by atoms with Crippen LogP contribution >= 0.6 is 0 Å². The molecule has 0 saturated heterocycles. The van der Waals surface area contributed by atoms with E-state index in [1.807, 2.05) is 24.3 Å². The molecule has 1 rings (SSSR count). The maximum atomic E-state index is 12.7. The van der Waals surface area contributed by atoms with Crippen LogP contribution in [0.3, 0.4) is 0 Å². The number of nitrogens with one attached hydrogen (secondary N) is 2. The van der Waals surface area contributed by atoms with Gasteiger partial charge in [-0.3, -0.25) is 4.79 Å². The Morgan fingerprint density at radius 3 is 2.44 bits per heavy atom. The van der Waals surface area contributed by atoms with Crippen LogP contribution in [0.15, 0.2) is 104 Å². The Hall–Kier alpha value is -3.33. The highest BCUT2D eigenvalue weighted by atomic mass is 16.1. The fourth-order valence-electron chi connectivity index (χ4n) is 3.87. The molecule has 1 atom stereocenters. The van der Waals surface area contributed by atoms with Gasteiger partial charge < -0.3 is 10.6 Å². The van der Waals surface area contributed by atoms with E-state index in [9.17, 15) is 4.79 Å². The van der Waals surface area contributed by atoms with Gasteiger partial charge in [0, 0.05) is 23.9 Å². The van der Waals surface area contributed by atoms with Gasteiger partial charge in [-0.15, -0.1) is 13.2 Å². The Morgan fingerprint density at radius 2 is 1.83 bits per heavy atom. The number of carbonyl (C=O) groups is 1. The average Bonchev–Trinajstić information content (AvgIpc) is 2.86. The van der Waals surface area contributed by atoms with Crippen molar-refractivity contribution in [1.82, 2.24) is 10.6 Å². The molecule has 36 heavy (non-hydrogen) atoms. The molecule has 1 unspecified atom stereocenters. The van der Waals surface area contributed by atoms with E-state index in [4.69, 9.17) is 0 Å². The van der Waals surface area contributed by atoms with E-state index in [1.54, 1.807) is 0 Å². The summed E-state index contributed by atoms with van der Waals surface area (Å²) >= 11 is 0. The van der Waals surface area contributed by atoms with E-state index in [-0.39, 0.29) is 11.9 Å². The van der Waals surface area contributed by atoms with Crippen molar-refractivity contribution >= 4 is 5.91 Å². The lowest BCUT2D eigenvalue weighted by Gasteiger charge is -2.21. The first kappa shape index (κ1) is 30.7. The molecule has 2 N–H and O–H groups in total. The van der Waals surface area contributed by atoms with Crippen molar-refractivity contribution in [3.8, 4) is 0 Å². The van der Waals surface area contributed by atoms with E-state index < -0.39 is 0 Å². The highest BCUT2D eigenvalue weighted by Crippen LogP contribution is 2.17. The molecule has 0 heterocycles. The molecule has 3 heteroatoms. The van der Waals surface area contributed by atoms with Crippen LogP contribution in [0.1, 0.15) is 69.1 Å². The molecule has 0 bridgehead atoms. The number of allylic oxidation sites excluding steroid dienone is 5. The first-order valence-corrected chi connectivity index (χ1v) is 13.0. The Morgan fingerprint density at radius 1 is 1.08 bits per heavy atom. The average molecular weight is 487 g/mol. The molecule has 1 amide bonds. The highest BCUT2D eigenvalue weighted by Gasteiger charge is 2.12. The second-order valence-electron chi connectivity index (χ2n) is 9.17. The first-order valence-electron chi connectivity index (χ1n) is 13.0. The molecule has 0 saturated carbocycles. The van der Waals surface area contributed by atoms with Gasteiger partial charge in [0.2, 0.25) is 0 Å². The minimum Gasteiger partial charge on any atom is -0.382 e. The number of carbonyl (C=O) groups excluding carboxylic acids is 1. The van der Waals surface area contributed by atoms with Crippen molar-refractivity contribution in [1.29, 1.82) is 0 Å². The normalized spacial score (nSPS) is 12.1. The van der Waals surface area contributed by atoms with Crippen LogP contribution in [0, 0.1) is 6.92 Å². The lowest BCUT2D eigenvalue weighted by molar-refractivity contribution is -0.117. The Labute approximate surface area is 220 Å². The number of amides is 1. The maximum absolute atomic E-state index is 12.7. The lowest BCUT2D eigenvalue weighted by Crippen LogP contribution is -2.28. The maximum Gasteiger partial charge on any atom is 0.250 e. The van der Waals surface area contributed by atoms with E-state index in [2.05, 4.69) is 88.6 Å². The van der Waals surface area contributed by atoms with Crippen LogP contribution in [-0.2, 0) is 17.8 Å². The van der Waals surface area contributed by atoms with Crippen molar-refractivity contribution in [3.05, 3.63) is 121 Å². The van der Waals surface area contributed by atoms with Gasteiger partial charge in [-0.05, 0) is 80.2 Å². The van der Waals surface area contributed by atoms with Crippen LogP contribution in [0.2, 0.25) is 0 Å². The van der Waals surface area contributed by atoms with Gasteiger partial charge in [0.1, 0.15) is 0 Å². The van der Waals surface area contributed by atoms with Crippen LogP contribution in [-0.4, -0.2) is 11.9 Å². The zero-order valence-electron chi connectivity index (χ0n) is 22.8. The van der Waals surface area contributed by atoms with Gasteiger partial charge in [-0.1, -0.05) is 81.7 Å². The molecule has 194 valence electrons. The Kier molecular flexibility index (Phi) is 14.6. The monoisotopic (exact) mass is 486 g/mol. The standard InChI is InChI=1S/C33H46N2O/c1-9-16-31-21-20-29(22-26(31)6)24-34-33(36)27(7)23-30(12-4)28(8)35-32(17-10-2)19-15-13-14-18-25(5)11-3/h9-10,14,18,20-23,32,35H,1-2,5,7-8,11-13,15-17,19,24H2,3-4,6H3,(H,34,36)/b18-14+,30-23+. The number of hydrogen-bond donors (Lipinski definition) is 2. The molecule has 0 spiro atoms. The van der Waals surface area contributed by atoms with Gasteiger partial charge in [0.15, 0.2) is 0 Å². The zero-order valence-corrected chi connectivity index (χ0v) is 22.8. The fourth-order valence-corrected chi connectivity index (χ4v) is 3.87. The van der Waals surface area contributed by atoms with Gasteiger partial charge in [0.05, 0.1) is 0 Å². The van der Waals surface area contributed by atoms with Crippen LogP contribution in [0.4, 0.5) is 0 Å². The summed E-state index contributed by atoms with van der Waals surface area (Å²) in [7, 11) is 0. The molecule has 0 aliphatic carbocycles. The Bertz CT molecular complexity index is 993. The summed E-state index contributed by atoms with van der Waals surface area (Å²) in [5, 5.41) is 6.53. The quantitative estimate of drug-likeness (QED) is 0.0956. The highest BCUT2D eigenvalue weighted by molar-refractivity contribution is 5.95. The molecular formula is C33H46N2O. The summed E-state index contributed by atoms with van der Waals surface area (Å²) in [5.41, 5.74) is 6.91. The topological polar surface area (TPSA) is 41.1 Å². The molecule has 0 aliphatic heterocycles. The second kappa shape index (κ2) is 17.2. The van der Waals surface area contributed by atoms with Crippen LogP contribution in [0.5, 0.6) is 0 Å². The summed E-state index contributed by atoms with van der Waals surface area (Å²) in [4.78, 5) is 12.7. The van der Waals surface area contributed by atoms with Crippen molar-refractivity contribution in [2.24, 2.45) is 0 Å². The third-order valence-corrected chi connectivity index (χ3v) is 6.19. The van der Waals surface area contributed by atoms with E-state index in [0.717, 1.165) is 67.4 Å². The molecule has 0 aromatic heterocycles. The number of hydrogen-bond acceptors (Lipinski definition) is 2. The molecule has 0 aliphatic rings. The summed E-state index contributed by atoms with van der Waals surface area (Å²) in [5.74, 6) is -0.176. The van der Waals surface area contributed by atoms with Crippen molar-refractivity contribution in [3.63, 3.8) is 0 Å². The largest absolute Gasteiger partial charge is 0.382 e. The van der Waals surface area contributed by atoms with Crippen molar-refractivity contribution in [2.75, 3.05) is 0 Å². The third-order valence-electron chi connectivity index (χ3n) is 6.19. The smallest absolute Gasteiger partial charge is 0.250 e. The van der Waals surface area contributed by atoms with E-state index >= 15 is 0 Å². The summed E-state index contributed by atoms with van der Waals surface area (Å²) in [6.45, 7) is 26.7. The minimum atomic E-state index is -0.176. The van der Waals surface area contributed by atoms with Gasteiger partial charge in [0.25, 0.3) is 5.91 Å². The van der Waals surface area contributed by atoms with Gasteiger partial charge >= 0.3 is 0 Å². The van der Waals surface area contributed by atoms with Crippen LogP contribution in [0.25, 0.3) is 0 Å². The summed E-state index contributed by atoms with van der Waals surface area (Å²) in [6, 6.07) is 6.50. The fraction of sp³-hybridized carbons (Fsp3) is 0.364. The predicted octanol–water partition coefficient (Wildman–Crippen LogP) is 7.97. The molecule has 1 aromatic carbocycles. The third kappa shape index (κ3) is 11.4. The predicted molar refractivity (Wildman–Crippen MR) is 158 cm³/mol. The lowest BCUT2D eigenvalue weighted by atomic mass is 10.0. The number of rotatable bonds is 18. The molecule has 0 fully saturated rings. The second-order valence-corrected chi connectivity index (χ2v) is 9.17. The number of aryl methyl sites for hydroxylation is 1. The van der Waals surface area contributed by atoms with E-state index in [1.165, 1.54) is 11.1 Å². The van der Waals surface area contributed by atoms with Crippen molar-refractivity contribution < 1.29 is 4.79 Å². The summed E-state index contributed by atoms with van der Waals surface area (Å²) < 4.78 is 0. The first-order chi connectivity index (χ1) is 17.2.